The Hall–Kier alpha value is -1.52. The lowest BCUT2D eigenvalue weighted by Gasteiger charge is -2.18. The van der Waals surface area contributed by atoms with Gasteiger partial charge in [-0.3, -0.25) is 4.79 Å². The number of aliphatic hydroxyl groups is 1. The van der Waals surface area contributed by atoms with Gasteiger partial charge in [-0.25, -0.2) is 0 Å². The second-order valence-corrected chi connectivity index (χ2v) is 5.33. The molecule has 2 N–H and O–H groups in total. The third-order valence-electron chi connectivity index (χ3n) is 3.21. The number of rotatable bonds is 5. The predicted molar refractivity (Wildman–Crippen MR) is 77.8 cm³/mol. The van der Waals surface area contributed by atoms with Crippen molar-refractivity contribution < 1.29 is 14.6 Å². The molecule has 1 aromatic rings. The molecule has 4 nitrogen and oxygen atoms in total. The number of benzene rings is 1. The third kappa shape index (κ3) is 3.99. The van der Waals surface area contributed by atoms with Gasteiger partial charge in [0.1, 0.15) is 5.75 Å². The average molecular weight is 296 g/mol. The number of carbonyl (C=O) groups excluding carboxylic acids is 1. The van der Waals surface area contributed by atoms with Gasteiger partial charge >= 0.3 is 0 Å². The summed E-state index contributed by atoms with van der Waals surface area (Å²) in [4.78, 5) is 12.0. The quantitative estimate of drug-likeness (QED) is 0.819. The maximum atomic E-state index is 12.0. The Kier molecular flexibility index (Phi) is 5.04. The molecule has 0 fully saturated rings. The fraction of sp³-hybridized carbons (Fsp3) is 0.400. The van der Waals surface area contributed by atoms with Crippen molar-refractivity contribution in [2.75, 3.05) is 6.61 Å². The summed E-state index contributed by atoms with van der Waals surface area (Å²) in [7, 11) is 0. The van der Waals surface area contributed by atoms with Gasteiger partial charge < -0.3 is 15.2 Å². The third-order valence-corrected chi connectivity index (χ3v) is 3.45. The van der Waals surface area contributed by atoms with Crippen LogP contribution in [-0.4, -0.2) is 29.8 Å². The molecule has 0 heterocycles. The first kappa shape index (κ1) is 14.9. The number of halogens is 1. The van der Waals surface area contributed by atoms with Gasteiger partial charge in [-0.2, -0.15) is 0 Å². The van der Waals surface area contributed by atoms with Crippen molar-refractivity contribution in [1.82, 2.24) is 5.32 Å². The van der Waals surface area contributed by atoms with Gasteiger partial charge in [0.2, 0.25) is 0 Å². The van der Waals surface area contributed by atoms with Crippen molar-refractivity contribution in [3.63, 3.8) is 0 Å². The van der Waals surface area contributed by atoms with E-state index >= 15 is 0 Å². The second kappa shape index (κ2) is 6.77. The van der Waals surface area contributed by atoms with E-state index in [2.05, 4.69) is 5.32 Å². The average Bonchev–Trinajstić information content (AvgIpc) is 2.86. The lowest BCUT2D eigenvalue weighted by Crippen LogP contribution is -2.41. The summed E-state index contributed by atoms with van der Waals surface area (Å²) in [6.07, 6.45) is 3.96. The zero-order valence-electron chi connectivity index (χ0n) is 11.3. The van der Waals surface area contributed by atoms with Crippen molar-refractivity contribution >= 4 is 17.5 Å². The van der Waals surface area contributed by atoms with Gasteiger partial charge in [0.05, 0.1) is 0 Å². The zero-order valence-corrected chi connectivity index (χ0v) is 12.0. The summed E-state index contributed by atoms with van der Waals surface area (Å²) in [5, 5.41) is 12.5. The van der Waals surface area contributed by atoms with Gasteiger partial charge in [-0.15, -0.1) is 0 Å². The minimum absolute atomic E-state index is 0.0370. The molecule has 0 saturated heterocycles. The second-order valence-electron chi connectivity index (χ2n) is 4.90. The van der Waals surface area contributed by atoms with E-state index in [1.54, 1.807) is 31.2 Å². The van der Waals surface area contributed by atoms with Crippen molar-refractivity contribution in [1.29, 1.82) is 0 Å². The SMILES string of the molecule is CC(Oc1cccc(Cl)c1)C(=O)N[C@@H]1C=C[C@H](CO)C1. The Labute approximate surface area is 123 Å². The maximum absolute atomic E-state index is 12.0. The van der Waals surface area contributed by atoms with E-state index < -0.39 is 6.10 Å². The summed E-state index contributed by atoms with van der Waals surface area (Å²) in [5.74, 6) is 0.512. The summed E-state index contributed by atoms with van der Waals surface area (Å²) in [5.41, 5.74) is 0. The smallest absolute Gasteiger partial charge is 0.261 e. The van der Waals surface area contributed by atoms with E-state index in [9.17, 15) is 4.79 Å². The molecule has 1 aliphatic rings. The van der Waals surface area contributed by atoms with E-state index in [4.69, 9.17) is 21.4 Å². The lowest BCUT2D eigenvalue weighted by molar-refractivity contribution is -0.127. The highest BCUT2D eigenvalue weighted by molar-refractivity contribution is 6.30. The Balaban J connectivity index is 1.85. The van der Waals surface area contributed by atoms with Crippen molar-refractivity contribution in [3.8, 4) is 5.75 Å². The molecular formula is C15H18ClNO3. The van der Waals surface area contributed by atoms with E-state index in [-0.39, 0.29) is 24.5 Å². The molecule has 1 aromatic carbocycles. The van der Waals surface area contributed by atoms with E-state index in [0.29, 0.717) is 10.8 Å². The molecule has 0 radical (unpaired) electrons. The van der Waals surface area contributed by atoms with Crippen LogP contribution in [0.3, 0.4) is 0 Å². The largest absolute Gasteiger partial charge is 0.481 e. The first-order chi connectivity index (χ1) is 9.58. The van der Waals surface area contributed by atoms with Crippen LogP contribution in [0, 0.1) is 5.92 Å². The van der Waals surface area contributed by atoms with E-state index in [0.717, 1.165) is 6.42 Å². The van der Waals surface area contributed by atoms with Gasteiger partial charge in [-0.1, -0.05) is 29.8 Å². The van der Waals surface area contributed by atoms with Crippen LogP contribution in [0.25, 0.3) is 0 Å². The highest BCUT2D eigenvalue weighted by Crippen LogP contribution is 2.19. The number of amides is 1. The molecule has 2 rings (SSSR count). The first-order valence-corrected chi connectivity index (χ1v) is 6.98. The fourth-order valence-electron chi connectivity index (χ4n) is 2.12. The van der Waals surface area contributed by atoms with Crippen LogP contribution < -0.4 is 10.1 Å². The van der Waals surface area contributed by atoms with Crippen molar-refractivity contribution in [3.05, 3.63) is 41.4 Å². The van der Waals surface area contributed by atoms with Crippen molar-refractivity contribution in [2.24, 2.45) is 5.92 Å². The number of hydrogen-bond acceptors (Lipinski definition) is 3. The summed E-state index contributed by atoms with van der Waals surface area (Å²) in [6.45, 7) is 1.80. The molecule has 0 bridgehead atoms. The Bertz CT molecular complexity index is 504. The Morgan fingerprint density at radius 3 is 3.00 bits per heavy atom. The molecule has 0 aliphatic heterocycles. The lowest BCUT2D eigenvalue weighted by atomic mass is 10.1. The molecule has 0 saturated carbocycles. The van der Waals surface area contributed by atoms with Gasteiger partial charge in [0, 0.05) is 23.6 Å². The van der Waals surface area contributed by atoms with Crippen LogP contribution in [-0.2, 0) is 4.79 Å². The normalized spacial score (nSPS) is 22.6. The fourth-order valence-corrected chi connectivity index (χ4v) is 2.30. The number of nitrogens with one attached hydrogen (secondary N) is 1. The molecular weight excluding hydrogens is 278 g/mol. The van der Waals surface area contributed by atoms with Crippen LogP contribution >= 0.6 is 11.6 Å². The van der Waals surface area contributed by atoms with E-state index in [1.807, 2.05) is 12.2 Å². The van der Waals surface area contributed by atoms with Gasteiger partial charge in [0.25, 0.3) is 5.91 Å². The molecule has 1 unspecified atom stereocenters. The summed E-state index contributed by atoms with van der Waals surface area (Å²) in [6, 6.07) is 6.91. The number of ether oxygens (including phenoxy) is 1. The van der Waals surface area contributed by atoms with Crippen LogP contribution in [0.4, 0.5) is 0 Å². The molecule has 1 aliphatic carbocycles. The van der Waals surface area contributed by atoms with E-state index in [1.165, 1.54) is 0 Å². The minimum Gasteiger partial charge on any atom is -0.481 e. The molecule has 1 amide bonds. The maximum Gasteiger partial charge on any atom is 0.261 e. The van der Waals surface area contributed by atoms with Crippen LogP contribution in [0.15, 0.2) is 36.4 Å². The molecule has 3 atom stereocenters. The Morgan fingerprint density at radius 2 is 2.35 bits per heavy atom. The molecule has 0 aromatic heterocycles. The number of hydrogen-bond donors (Lipinski definition) is 2. The minimum atomic E-state index is -0.602. The van der Waals surface area contributed by atoms with Gasteiger partial charge in [0.15, 0.2) is 6.10 Å². The standard InChI is InChI=1S/C15H18ClNO3/c1-10(20-14-4-2-3-12(16)8-14)15(19)17-13-6-5-11(7-13)9-18/h2-6,8,10-11,13,18H,7,9H2,1H3,(H,17,19)/t10?,11-,13+/m0/s1. The summed E-state index contributed by atoms with van der Waals surface area (Å²) < 4.78 is 5.55. The summed E-state index contributed by atoms with van der Waals surface area (Å²) >= 11 is 5.86. The topological polar surface area (TPSA) is 58.6 Å². The zero-order chi connectivity index (χ0) is 14.5. The Morgan fingerprint density at radius 1 is 1.55 bits per heavy atom. The van der Waals surface area contributed by atoms with Crippen LogP contribution in [0.2, 0.25) is 5.02 Å². The molecule has 5 heteroatoms. The molecule has 0 spiro atoms. The number of aliphatic hydroxyl groups excluding tert-OH is 1. The monoisotopic (exact) mass is 295 g/mol. The highest BCUT2D eigenvalue weighted by Gasteiger charge is 2.22. The van der Waals surface area contributed by atoms with Crippen LogP contribution in [0.1, 0.15) is 13.3 Å². The highest BCUT2D eigenvalue weighted by atomic mass is 35.5. The van der Waals surface area contributed by atoms with Crippen LogP contribution in [0.5, 0.6) is 5.75 Å². The first-order valence-electron chi connectivity index (χ1n) is 6.60. The number of carbonyl (C=O) groups is 1. The van der Waals surface area contributed by atoms with Gasteiger partial charge in [-0.05, 0) is 31.5 Å². The molecule has 20 heavy (non-hydrogen) atoms. The predicted octanol–water partition coefficient (Wildman–Crippen LogP) is 2.16. The van der Waals surface area contributed by atoms with Crippen molar-refractivity contribution in [2.45, 2.75) is 25.5 Å². The molecule has 108 valence electrons.